The molecule has 0 aliphatic heterocycles. The highest BCUT2D eigenvalue weighted by molar-refractivity contribution is 5.50. The number of ether oxygens (including phenoxy) is 1. The molecule has 2 aromatic carbocycles. The predicted octanol–water partition coefficient (Wildman–Crippen LogP) is 5.02. The van der Waals surface area contributed by atoms with Crippen molar-refractivity contribution in [2.24, 2.45) is 0 Å². The molecule has 116 valence electrons. The van der Waals surface area contributed by atoms with Gasteiger partial charge in [0.05, 0.1) is 10.5 Å². The van der Waals surface area contributed by atoms with Crippen LogP contribution in [0.5, 0.6) is 11.5 Å². The molecule has 22 heavy (non-hydrogen) atoms. The number of hydrogen-bond acceptors (Lipinski definition) is 3. The van der Waals surface area contributed by atoms with Gasteiger partial charge in [-0.2, -0.15) is 13.2 Å². The van der Waals surface area contributed by atoms with Crippen molar-refractivity contribution in [1.29, 1.82) is 0 Å². The van der Waals surface area contributed by atoms with Crippen LogP contribution >= 0.6 is 0 Å². The zero-order valence-corrected chi connectivity index (χ0v) is 11.8. The molecule has 0 saturated heterocycles. The van der Waals surface area contributed by atoms with Crippen molar-refractivity contribution in [3.8, 4) is 11.5 Å². The van der Waals surface area contributed by atoms with E-state index in [9.17, 15) is 23.3 Å². The molecular formula is C15H12F3NO3. The molecule has 0 N–H and O–H groups in total. The van der Waals surface area contributed by atoms with Crippen LogP contribution < -0.4 is 4.74 Å². The molecular weight excluding hydrogens is 299 g/mol. The number of rotatable bonds is 3. The van der Waals surface area contributed by atoms with Crippen LogP contribution in [-0.4, -0.2) is 4.92 Å². The minimum Gasteiger partial charge on any atom is -0.457 e. The van der Waals surface area contributed by atoms with Crippen LogP contribution in [-0.2, 0) is 6.18 Å². The highest BCUT2D eigenvalue weighted by Crippen LogP contribution is 2.33. The van der Waals surface area contributed by atoms with Gasteiger partial charge >= 0.3 is 6.18 Å². The van der Waals surface area contributed by atoms with Crippen LogP contribution in [0.4, 0.5) is 18.9 Å². The van der Waals surface area contributed by atoms with Crippen LogP contribution in [0.2, 0.25) is 0 Å². The van der Waals surface area contributed by atoms with E-state index in [1.807, 2.05) is 0 Å². The van der Waals surface area contributed by atoms with Crippen molar-refractivity contribution in [2.45, 2.75) is 20.0 Å². The second-order valence-electron chi connectivity index (χ2n) is 4.79. The van der Waals surface area contributed by atoms with Crippen LogP contribution in [0.15, 0.2) is 36.4 Å². The lowest BCUT2D eigenvalue weighted by Gasteiger charge is -2.11. The number of aryl methyl sites for hydroxylation is 2. The first-order valence-electron chi connectivity index (χ1n) is 6.29. The number of benzene rings is 2. The van der Waals surface area contributed by atoms with Gasteiger partial charge in [0.15, 0.2) is 0 Å². The van der Waals surface area contributed by atoms with E-state index in [4.69, 9.17) is 4.74 Å². The Bertz CT molecular complexity index is 709. The molecule has 0 aliphatic rings. The lowest BCUT2D eigenvalue weighted by molar-refractivity contribution is -0.385. The van der Waals surface area contributed by atoms with Crippen LogP contribution in [0.25, 0.3) is 0 Å². The van der Waals surface area contributed by atoms with Gasteiger partial charge < -0.3 is 4.74 Å². The van der Waals surface area contributed by atoms with Gasteiger partial charge in [0, 0.05) is 11.6 Å². The predicted molar refractivity (Wildman–Crippen MR) is 74.1 cm³/mol. The molecule has 0 spiro atoms. The fourth-order valence-corrected chi connectivity index (χ4v) is 1.92. The Labute approximate surface area is 124 Å². The van der Waals surface area contributed by atoms with Gasteiger partial charge in [-0.05, 0) is 49.7 Å². The van der Waals surface area contributed by atoms with Crippen molar-refractivity contribution < 1.29 is 22.8 Å². The van der Waals surface area contributed by atoms with Crippen molar-refractivity contribution in [3.05, 3.63) is 63.2 Å². The van der Waals surface area contributed by atoms with Crippen LogP contribution in [0.3, 0.4) is 0 Å². The van der Waals surface area contributed by atoms with Gasteiger partial charge in [0.25, 0.3) is 5.69 Å². The van der Waals surface area contributed by atoms with Crippen molar-refractivity contribution >= 4 is 5.69 Å². The third-order valence-corrected chi connectivity index (χ3v) is 3.10. The topological polar surface area (TPSA) is 52.4 Å². The number of nitro groups is 1. The highest BCUT2D eigenvalue weighted by Gasteiger charge is 2.30. The minimum absolute atomic E-state index is 0.0303. The quantitative estimate of drug-likeness (QED) is 0.590. The van der Waals surface area contributed by atoms with E-state index in [1.165, 1.54) is 24.3 Å². The van der Waals surface area contributed by atoms with Crippen LogP contribution in [0.1, 0.15) is 16.7 Å². The maximum atomic E-state index is 12.5. The average Bonchev–Trinajstić information content (AvgIpc) is 2.41. The summed E-state index contributed by atoms with van der Waals surface area (Å²) in [6.07, 6.45) is -4.40. The second kappa shape index (κ2) is 5.67. The van der Waals surface area contributed by atoms with Gasteiger partial charge in [-0.1, -0.05) is 0 Å². The molecule has 0 amide bonds. The monoisotopic (exact) mass is 311 g/mol. The zero-order chi connectivity index (χ0) is 16.5. The molecule has 7 heteroatoms. The van der Waals surface area contributed by atoms with E-state index in [-0.39, 0.29) is 11.4 Å². The number of nitrogens with zero attached hydrogens (tertiary/aromatic N) is 1. The Morgan fingerprint density at radius 2 is 1.64 bits per heavy atom. The molecule has 2 aromatic rings. The number of hydrogen-bond donors (Lipinski definition) is 0. The Hall–Kier alpha value is -2.57. The standard InChI is InChI=1S/C15H12F3NO3/c1-9-8-14(10(2)7-13(9)19(20)21)22-12-5-3-11(4-6-12)15(16,17)18/h3-8H,1-2H3. The van der Waals surface area contributed by atoms with E-state index < -0.39 is 16.7 Å². The Morgan fingerprint density at radius 3 is 2.14 bits per heavy atom. The normalized spacial score (nSPS) is 11.3. The van der Waals surface area contributed by atoms with Gasteiger partial charge in [-0.25, -0.2) is 0 Å². The smallest absolute Gasteiger partial charge is 0.416 e. The third-order valence-electron chi connectivity index (χ3n) is 3.10. The summed E-state index contributed by atoms with van der Waals surface area (Å²) in [5, 5.41) is 10.8. The molecule has 0 bridgehead atoms. The van der Waals surface area contributed by atoms with Gasteiger partial charge in [0.1, 0.15) is 11.5 Å². The van der Waals surface area contributed by atoms with Crippen LogP contribution in [0, 0.1) is 24.0 Å². The summed E-state index contributed by atoms with van der Waals surface area (Å²) in [5.74, 6) is 0.590. The molecule has 0 heterocycles. The molecule has 0 radical (unpaired) electrons. The summed E-state index contributed by atoms with van der Waals surface area (Å²) in [7, 11) is 0. The molecule has 4 nitrogen and oxygen atoms in total. The fraction of sp³-hybridized carbons (Fsp3) is 0.200. The summed E-state index contributed by atoms with van der Waals surface area (Å²) in [6, 6.07) is 7.11. The van der Waals surface area contributed by atoms with Crippen molar-refractivity contribution in [3.63, 3.8) is 0 Å². The highest BCUT2D eigenvalue weighted by atomic mass is 19.4. The van der Waals surface area contributed by atoms with E-state index in [0.29, 0.717) is 16.9 Å². The molecule has 2 rings (SSSR count). The number of halogens is 3. The second-order valence-corrected chi connectivity index (χ2v) is 4.79. The Kier molecular flexibility index (Phi) is 4.07. The van der Waals surface area contributed by atoms with E-state index in [1.54, 1.807) is 13.8 Å². The Morgan fingerprint density at radius 1 is 1.05 bits per heavy atom. The molecule has 0 saturated carbocycles. The number of nitro benzene ring substituents is 1. The van der Waals surface area contributed by atoms with E-state index in [2.05, 4.69) is 0 Å². The first-order valence-corrected chi connectivity index (χ1v) is 6.29. The SMILES string of the molecule is Cc1cc([N+](=O)[O-])c(C)cc1Oc1ccc(C(F)(F)F)cc1. The third kappa shape index (κ3) is 3.36. The minimum atomic E-state index is -4.40. The lowest BCUT2D eigenvalue weighted by atomic mass is 10.1. The zero-order valence-electron chi connectivity index (χ0n) is 11.8. The van der Waals surface area contributed by atoms with Gasteiger partial charge in [-0.15, -0.1) is 0 Å². The average molecular weight is 311 g/mol. The molecule has 0 atom stereocenters. The number of alkyl halides is 3. The molecule has 0 aliphatic carbocycles. The maximum Gasteiger partial charge on any atom is 0.416 e. The molecule has 0 aromatic heterocycles. The summed E-state index contributed by atoms with van der Waals surface area (Å²) >= 11 is 0. The van der Waals surface area contributed by atoms with Gasteiger partial charge in [-0.3, -0.25) is 10.1 Å². The first-order chi connectivity index (χ1) is 10.2. The maximum absolute atomic E-state index is 12.5. The fourth-order valence-electron chi connectivity index (χ4n) is 1.92. The first kappa shape index (κ1) is 15.8. The summed E-state index contributed by atoms with van der Waals surface area (Å²) in [6.45, 7) is 3.20. The largest absolute Gasteiger partial charge is 0.457 e. The molecule has 0 unspecified atom stereocenters. The van der Waals surface area contributed by atoms with Gasteiger partial charge in [0.2, 0.25) is 0 Å². The summed E-state index contributed by atoms with van der Waals surface area (Å²) < 4.78 is 42.9. The van der Waals surface area contributed by atoms with Crippen molar-refractivity contribution in [1.82, 2.24) is 0 Å². The summed E-state index contributed by atoms with van der Waals surface area (Å²) in [4.78, 5) is 10.3. The lowest BCUT2D eigenvalue weighted by Crippen LogP contribution is -2.04. The summed E-state index contributed by atoms with van der Waals surface area (Å²) in [5.41, 5.74) is 0.142. The molecule has 0 fully saturated rings. The van der Waals surface area contributed by atoms with E-state index >= 15 is 0 Å². The van der Waals surface area contributed by atoms with E-state index in [0.717, 1.165) is 12.1 Å². The Balaban J connectivity index is 2.28. The van der Waals surface area contributed by atoms with Crippen molar-refractivity contribution in [2.75, 3.05) is 0 Å².